The van der Waals surface area contributed by atoms with Crippen LogP contribution in [0.2, 0.25) is 5.02 Å². The average molecular weight is 336 g/mol. The number of rotatable bonds is 8. The zero-order chi connectivity index (χ0) is 16.7. The summed E-state index contributed by atoms with van der Waals surface area (Å²) in [6.07, 6.45) is -0.392. The summed E-state index contributed by atoms with van der Waals surface area (Å²) in [5.41, 5.74) is 1.97. The molecule has 1 atom stereocenters. The molecule has 2 N–H and O–H groups in total. The van der Waals surface area contributed by atoms with Gasteiger partial charge in [0.25, 0.3) is 0 Å². The van der Waals surface area contributed by atoms with Crippen LogP contribution in [0.25, 0.3) is 0 Å². The van der Waals surface area contributed by atoms with Crippen molar-refractivity contribution in [3.05, 3.63) is 58.6 Å². The Labute approximate surface area is 142 Å². The number of aliphatic hydroxyl groups excluding tert-OH is 1. The van der Waals surface area contributed by atoms with E-state index in [0.29, 0.717) is 36.2 Å². The molecule has 0 amide bonds. The maximum Gasteiger partial charge on any atom is 0.166 e. The molecule has 0 fully saturated rings. The molecular weight excluding hydrogens is 314 g/mol. The Morgan fingerprint density at radius 1 is 1.22 bits per heavy atom. The van der Waals surface area contributed by atoms with Crippen LogP contribution in [0.5, 0.6) is 11.5 Å². The van der Waals surface area contributed by atoms with Crippen molar-refractivity contribution in [2.24, 2.45) is 0 Å². The van der Waals surface area contributed by atoms with E-state index in [-0.39, 0.29) is 0 Å². The minimum atomic E-state index is -0.392. The van der Waals surface area contributed by atoms with Crippen molar-refractivity contribution >= 4 is 11.6 Å². The number of hydrogen-bond acceptors (Lipinski definition) is 4. The summed E-state index contributed by atoms with van der Waals surface area (Å²) in [6, 6.07) is 13.3. The Hall–Kier alpha value is -1.75. The van der Waals surface area contributed by atoms with Gasteiger partial charge in [-0.25, -0.2) is 0 Å². The summed E-state index contributed by atoms with van der Waals surface area (Å²) >= 11 is 6.00. The molecule has 4 nitrogen and oxygen atoms in total. The zero-order valence-corrected chi connectivity index (χ0v) is 14.1. The van der Waals surface area contributed by atoms with Crippen molar-refractivity contribution in [1.82, 2.24) is 5.32 Å². The Morgan fingerprint density at radius 2 is 2.00 bits per heavy atom. The number of halogens is 1. The molecule has 2 rings (SSSR count). The summed E-state index contributed by atoms with van der Waals surface area (Å²) in [5.74, 6) is 1.39. The van der Waals surface area contributed by atoms with Gasteiger partial charge in [-0.2, -0.15) is 0 Å². The maximum absolute atomic E-state index is 9.35. The molecule has 2 aromatic rings. The van der Waals surface area contributed by atoms with Crippen LogP contribution in [-0.4, -0.2) is 24.9 Å². The van der Waals surface area contributed by atoms with Crippen molar-refractivity contribution in [2.75, 3.05) is 13.7 Å². The van der Waals surface area contributed by atoms with Gasteiger partial charge in [0.15, 0.2) is 11.5 Å². The van der Waals surface area contributed by atoms with Crippen LogP contribution >= 0.6 is 11.6 Å². The van der Waals surface area contributed by atoms with Crippen LogP contribution in [0.1, 0.15) is 18.1 Å². The molecule has 124 valence electrons. The van der Waals surface area contributed by atoms with Gasteiger partial charge in [0.2, 0.25) is 0 Å². The first kappa shape index (κ1) is 17.6. The van der Waals surface area contributed by atoms with Crippen molar-refractivity contribution in [1.29, 1.82) is 0 Å². The molecule has 0 spiro atoms. The molecule has 1 unspecified atom stereocenters. The predicted octanol–water partition coefficient (Wildman–Crippen LogP) is 3.40. The quantitative estimate of drug-likeness (QED) is 0.776. The summed E-state index contributed by atoms with van der Waals surface area (Å²) in [7, 11) is 1.62. The largest absolute Gasteiger partial charge is 0.493 e. The number of para-hydroxylation sites is 1. The van der Waals surface area contributed by atoms with E-state index in [1.54, 1.807) is 14.0 Å². The van der Waals surface area contributed by atoms with Gasteiger partial charge in [-0.3, -0.25) is 0 Å². The van der Waals surface area contributed by atoms with Gasteiger partial charge in [-0.05, 0) is 30.7 Å². The fourth-order valence-electron chi connectivity index (χ4n) is 2.22. The molecular formula is C18H22ClNO3. The highest BCUT2D eigenvalue weighted by atomic mass is 35.5. The molecule has 2 aromatic carbocycles. The molecule has 0 saturated heterocycles. The summed E-state index contributed by atoms with van der Waals surface area (Å²) in [6.45, 7) is 3.26. The lowest BCUT2D eigenvalue weighted by Gasteiger charge is -2.16. The fourth-order valence-corrected chi connectivity index (χ4v) is 2.44. The predicted molar refractivity (Wildman–Crippen MR) is 92.2 cm³/mol. The van der Waals surface area contributed by atoms with Gasteiger partial charge in [-0.1, -0.05) is 35.9 Å². The number of nitrogens with one attached hydrogen (secondary N) is 1. The van der Waals surface area contributed by atoms with E-state index in [2.05, 4.69) is 5.32 Å². The Balaban J connectivity index is 2.11. The van der Waals surface area contributed by atoms with E-state index in [0.717, 1.165) is 11.1 Å². The first-order valence-electron chi connectivity index (χ1n) is 7.52. The van der Waals surface area contributed by atoms with E-state index >= 15 is 0 Å². The lowest BCUT2D eigenvalue weighted by atomic mass is 10.1. The third-order valence-electron chi connectivity index (χ3n) is 3.31. The van der Waals surface area contributed by atoms with Crippen molar-refractivity contribution in [3.63, 3.8) is 0 Å². The monoisotopic (exact) mass is 335 g/mol. The third kappa shape index (κ3) is 5.43. The van der Waals surface area contributed by atoms with Crippen LogP contribution in [0.4, 0.5) is 0 Å². The standard InChI is InChI=1S/C18H22ClNO3/c1-13(21)10-20-11-15-6-4-8-17(22-2)18(15)23-12-14-5-3-7-16(19)9-14/h3-9,13,20-21H,10-12H2,1-2H3. The molecule has 0 bridgehead atoms. The molecule has 5 heteroatoms. The normalized spacial score (nSPS) is 12.0. The van der Waals surface area contributed by atoms with Crippen LogP contribution < -0.4 is 14.8 Å². The first-order chi connectivity index (χ1) is 11.1. The van der Waals surface area contributed by atoms with Crippen LogP contribution in [0, 0.1) is 0 Å². The van der Waals surface area contributed by atoms with Gasteiger partial charge in [0, 0.05) is 23.7 Å². The maximum atomic E-state index is 9.35. The second kappa shape index (κ2) is 8.77. The molecule has 0 aliphatic rings. The molecule has 0 saturated carbocycles. The molecule has 0 heterocycles. The Bertz CT molecular complexity index is 631. The van der Waals surface area contributed by atoms with Crippen LogP contribution in [0.15, 0.2) is 42.5 Å². The Morgan fingerprint density at radius 3 is 2.70 bits per heavy atom. The zero-order valence-electron chi connectivity index (χ0n) is 13.4. The van der Waals surface area contributed by atoms with Crippen LogP contribution in [0.3, 0.4) is 0 Å². The molecule has 0 aliphatic carbocycles. The Kier molecular flexibility index (Phi) is 6.71. The van der Waals surface area contributed by atoms with Gasteiger partial charge in [0.05, 0.1) is 13.2 Å². The summed E-state index contributed by atoms with van der Waals surface area (Å²) in [5, 5.41) is 13.2. The van der Waals surface area contributed by atoms with Gasteiger partial charge >= 0.3 is 0 Å². The lowest BCUT2D eigenvalue weighted by molar-refractivity contribution is 0.190. The van der Waals surface area contributed by atoms with E-state index in [1.807, 2.05) is 42.5 Å². The lowest BCUT2D eigenvalue weighted by Crippen LogP contribution is -2.24. The second-order valence-electron chi connectivity index (χ2n) is 5.35. The van der Waals surface area contributed by atoms with E-state index in [4.69, 9.17) is 21.1 Å². The van der Waals surface area contributed by atoms with E-state index in [1.165, 1.54) is 0 Å². The molecule has 0 aliphatic heterocycles. The second-order valence-corrected chi connectivity index (χ2v) is 5.78. The highest BCUT2D eigenvalue weighted by Gasteiger charge is 2.11. The highest BCUT2D eigenvalue weighted by Crippen LogP contribution is 2.32. The van der Waals surface area contributed by atoms with E-state index in [9.17, 15) is 5.11 Å². The topological polar surface area (TPSA) is 50.7 Å². The van der Waals surface area contributed by atoms with Crippen molar-refractivity contribution < 1.29 is 14.6 Å². The van der Waals surface area contributed by atoms with Crippen molar-refractivity contribution in [3.8, 4) is 11.5 Å². The number of aliphatic hydroxyl groups is 1. The number of methoxy groups -OCH3 is 1. The highest BCUT2D eigenvalue weighted by molar-refractivity contribution is 6.30. The van der Waals surface area contributed by atoms with Crippen molar-refractivity contribution in [2.45, 2.75) is 26.2 Å². The SMILES string of the molecule is COc1cccc(CNCC(C)O)c1OCc1cccc(Cl)c1. The molecule has 0 aromatic heterocycles. The third-order valence-corrected chi connectivity index (χ3v) is 3.54. The first-order valence-corrected chi connectivity index (χ1v) is 7.90. The number of hydrogen-bond donors (Lipinski definition) is 2. The summed E-state index contributed by atoms with van der Waals surface area (Å²) in [4.78, 5) is 0. The van der Waals surface area contributed by atoms with Gasteiger partial charge in [-0.15, -0.1) is 0 Å². The van der Waals surface area contributed by atoms with Crippen LogP contribution in [-0.2, 0) is 13.2 Å². The average Bonchev–Trinajstić information content (AvgIpc) is 2.53. The fraction of sp³-hybridized carbons (Fsp3) is 0.333. The minimum absolute atomic E-state index is 0.392. The summed E-state index contributed by atoms with van der Waals surface area (Å²) < 4.78 is 11.4. The van der Waals surface area contributed by atoms with E-state index < -0.39 is 6.10 Å². The number of benzene rings is 2. The number of ether oxygens (including phenoxy) is 2. The van der Waals surface area contributed by atoms with Gasteiger partial charge in [0.1, 0.15) is 6.61 Å². The minimum Gasteiger partial charge on any atom is -0.493 e. The smallest absolute Gasteiger partial charge is 0.166 e. The molecule has 0 radical (unpaired) electrons. The molecule has 23 heavy (non-hydrogen) atoms. The van der Waals surface area contributed by atoms with Gasteiger partial charge < -0.3 is 19.9 Å².